The van der Waals surface area contributed by atoms with Gasteiger partial charge in [-0.3, -0.25) is 14.9 Å². The Hall–Kier alpha value is -2.18. The average molecular weight is 329 g/mol. The number of carbonyl (C=O) groups is 1. The van der Waals surface area contributed by atoms with E-state index in [0.717, 1.165) is 18.2 Å². The SMILES string of the molecule is O=C(Nc1cc(Cl)cc(Cl)c1)c1ccc(F)c([N+](=O)[O-])c1. The number of halogens is 3. The number of carbonyl (C=O) groups excluding carboxylic acids is 1. The molecule has 0 aromatic heterocycles. The predicted octanol–water partition coefficient (Wildman–Crippen LogP) is 4.29. The molecule has 0 aliphatic heterocycles. The molecule has 0 unspecified atom stereocenters. The summed E-state index contributed by atoms with van der Waals surface area (Å²) in [4.78, 5) is 21.7. The van der Waals surface area contributed by atoms with Crippen molar-refractivity contribution in [1.82, 2.24) is 0 Å². The van der Waals surface area contributed by atoms with Gasteiger partial charge >= 0.3 is 5.69 Å². The molecule has 0 saturated heterocycles. The molecule has 108 valence electrons. The van der Waals surface area contributed by atoms with Crippen molar-refractivity contribution in [2.24, 2.45) is 0 Å². The van der Waals surface area contributed by atoms with Crippen molar-refractivity contribution in [3.63, 3.8) is 0 Å². The first-order valence-electron chi connectivity index (χ1n) is 5.58. The minimum atomic E-state index is -1.01. The van der Waals surface area contributed by atoms with Crippen molar-refractivity contribution in [1.29, 1.82) is 0 Å². The summed E-state index contributed by atoms with van der Waals surface area (Å²) in [6.45, 7) is 0. The first-order chi connectivity index (χ1) is 9.86. The van der Waals surface area contributed by atoms with Crippen LogP contribution in [0.3, 0.4) is 0 Å². The Balaban J connectivity index is 2.28. The molecule has 2 rings (SSSR count). The van der Waals surface area contributed by atoms with Gasteiger partial charge in [-0.2, -0.15) is 4.39 Å². The average Bonchev–Trinajstić information content (AvgIpc) is 2.37. The number of amides is 1. The fourth-order valence-electron chi connectivity index (χ4n) is 1.62. The van der Waals surface area contributed by atoms with Crippen molar-refractivity contribution >= 4 is 40.5 Å². The normalized spacial score (nSPS) is 10.2. The van der Waals surface area contributed by atoms with E-state index in [4.69, 9.17) is 23.2 Å². The fourth-order valence-corrected chi connectivity index (χ4v) is 2.15. The molecule has 0 aliphatic rings. The minimum absolute atomic E-state index is 0.0563. The molecule has 8 heteroatoms. The van der Waals surface area contributed by atoms with Gasteiger partial charge in [0.05, 0.1) is 4.92 Å². The minimum Gasteiger partial charge on any atom is -0.322 e. The van der Waals surface area contributed by atoms with Gasteiger partial charge in [-0.25, -0.2) is 0 Å². The maximum Gasteiger partial charge on any atom is 0.305 e. The number of nitro benzene ring substituents is 1. The summed E-state index contributed by atoms with van der Waals surface area (Å²) in [5.74, 6) is -1.65. The van der Waals surface area contributed by atoms with E-state index in [2.05, 4.69) is 5.32 Å². The summed E-state index contributed by atoms with van der Waals surface area (Å²) in [5, 5.41) is 13.8. The van der Waals surface area contributed by atoms with Crippen molar-refractivity contribution in [2.75, 3.05) is 5.32 Å². The highest BCUT2D eigenvalue weighted by molar-refractivity contribution is 6.35. The fraction of sp³-hybridized carbons (Fsp3) is 0. The summed E-state index contributed by atoms with van der Waals surface area (Å²) >= 11 is 11.6. The summed E-state index contributed by atoms with van der Waals surface area (Å²) in [6, 6.07) is 7.27. The Labute approximate surface area is 128 Å². The molecule has 1 amide bonds. The molecule has 0 aliphatic carbocycles. The van der Waals surface area contributed by atoms with Crippen molar-refractivity contribution in [3.05, 3.63) is 67.9 Å². The number of hydrogen-bond donors (Lipinski definition) is 1. The lowest BCUT2D eigenvalue weighted by Crippen LogP contribution is -2.12. The summed E-state index contributed by atoms with van der Waals surface area (Å²) < 4.78 is 13.2. The zero-order chi connectivity index (χ0) is 15.6. The van der Waals surface area contributed by atoms with Crippen LogP contribution in [0, 0.1) is 15.9 Å². The molecule has 2 aromatic rings. The third kappa shape index (κ3) is 3.68. The van der Waals surface area contributed by atoms with Crippen molar-refractivity contribution in [2.45, 2.75) is 0 Å². The van der Waals surface area contributed by atoms with Gasteiger partial charge in [0.2, 0.25) is 5.82 Å². The van der Waals surface area contributed by atoms with Crippen molar-refractivity contribution in [3.8, 4) is 0 Å². The number of nitrogens with one attached hydrogen (secondary N) is 1. The third-order valence-electron chi connectivity index (χ3n) is 2.53. The first-order valence-corrected chi connectivity index (χ1v) is 6.34. The molecule has 0 atom stereocenters. The van der Waals surface area contributed by atoms with Gasteiger partial charge in [0.15, 0.2) is 0 Å². The number of benzene rings is 2. The van der Waals surface area contributed by atoms with Gasteiger partial charge in [0.1, 0.15) is 0 Å². The lowest BCUT2D eigenvalue weighted by Gasteiger charge is -2.06. The second-order valence-corrected chi connectivity index (χ2v) is 4.91. The maximum absolute atomic E-state index is 13.2. The maximum atomic E-state index is 13.2. The van der Waals surface area contributed by atoms with Gasteiger partial charge in [-0.05, 0) is 30.3 Å². The second-order valence-electron chi connectivity index (χ2n) is 4.04. The van der Waals surface area contributed by atoms with E-state index in [9.17, 15) is 19.3 Å². The number of anilines is 1. The van der Waals surface area contributed by atoms with Crippen LogP contribution < -0.4 is 5.32 Å². The zero-order valence-corrected chi connectivity index (χ0v) is 11.8. The molecule has 0 fully saturated rings. The van der Waals surface area contributed by atoms with E-state index in [1.54, 1.807) is 0 Å². The van der Waals surface area contributed by atoms with Crippen LogP contribution in [-0.2, 0) is 0 Å². The highest BCUT2D eigenvalue weighted by Crippen LogP contribution is 2.24. The molecular weight excluding hydrogens is 322 g/mol. The Kier molecular flexibility index (Phi) is 4.40. The molecule has 0 spiro atoms. The molecule has 21 heavy (non-hydrogen) atoms. The molecule has 0 radical (unpaired) electrons. The van der Waals surface area contributed by atoms with Crippen LogP contribution in [0.15, 0.2) is 36.4 Å². The van der Waals surface area contributed by atoms with E-state index < -0.39 is 22.3 Å². The van der Waals surface area contributed by atoms with Gasteiger partial charge in [-0.1, -0.05) is 23.2 Å². The lowest BCUT2D eigenvalue weighted by atomic mass is 10.1. The topological polar surface area (TPSA) is 72.2 Å². The van der Waals surface area contributed by atoms with Crippen LogP contribution in [0.25, 0.3) is 0 Å². The molecule has 1 N–H and O–H groups in total. The Bertz CT molecular complexity index is 717. The van der Waals surface area contributed by atoms with Crippen LogP contribution in [-0.4, -0.2) is 10.8 Å². The smallest absolute Gasteiger partial charge is 0.305 e. The van der Waals surface area contributed by atoms with Gasteiger partial charge in [0.25, 0.3) is 5.91 Å². The van der Waals surface area contributed by atoms with E-state index in [1.165, 1.54) is 18.2 Å². The molecule has 0 saturated carbocycles. The summed E-state index contributed by atoms with van der Waals surface area (Å²) in [5.41, 5.74) is -0.504. The van der Waals surface area contributed by atoms with Crippen LogP contribution in [0.5, 0.6) is 0 Å². The highest BCUT2D eigenvalue weighted by atomic mass is 35.5. The number of nitro groups is 1. The Morgan fingerprint density at radius 1 is 1.14 bits per heavy atom. The molecule has 0 heterocycles. The van der Waals surface area contributed by atoms with E-state index in [0.29, 0.717) is 15.7 Å². The monoisotopic (exact) mass is 328 g/mol. The predicted molar refractivity (Wildman–Crippen MR) is 77.5 cm³/mol. The zero-order valence-electron chi connectivity index (χ0n) is 10.3. The van der Waals surface area contributed by atoms with Crippen LogP contribution >= 0.6 is 23.2 Å². The quantitative estimate of drug-likeness (QED) is 0.674. The first kappa shape index (κ1) is 15.2. The molecular formula is C13H7Cl2FN2O3. The van der Waals surface area contributed by atoms with E-state index >= 15 is 0 Å². The number of hydrogen-bond acceptors (Lipinski definition) is 3. The largest absolute Gasteiger partial charge is 0.322 e. The Morgan fingerprint density at radius 3 is 2.33 bits per heavy atom. The number of nitrogens with zero attached hydrogens (tertiary/aromatic N) is 1. The Morgan fingerprint density at radius 2 is 1.76 bits per heavy atom. The van der Waals surface area contributed by atoms with Gasteiger partial charge < -0.3 is 5.32 Å². The van der Waals surface area contributed by atoms with Crippen molar-refractivity contribution < 1.29 is 14.1 Å². The molecule has 5 nitrogen and oxygen atoms in total. The van der Waals surface area contributed by atoms with Crippen LogP contribution in [0.1, 0.15) is 10.4 Å². The molecule has 0 bridgehead atoms. The van der Waals surface area contributed by atoms with Crippen LogP contribution in [0.2, 0.25) is 10.0 Å². The second kappa shape index (κ2) is 6.07. The third-order valence-corrected chi connectivity index (χ3v) is 2.96. The van der Waals surface area contributed by atoms with Crippen LogP contribution in [0.4, 0.5) is 15.8 Å². The molecule has 2 aromatic carbocycles. The number of rotatable bonds is 3. The standard InChI is InChI=1S/C13H7Cl2FN2O3/c14-8-4-9(15)6-10(5-8)17-13(19)7-1-2-11(16)12(3-7)18(20)21/h1-6H,(H,17,19). The van der Waals surface area contributed by atoms with E-state index in [1.807, 2.05) is 0 Å². The van der Waals surface area contributed by atoms with E-state index in [-0.39, 0.29) is 5.56 Å². The highest BCUT2D eigenvalue weighted by Gasteiger charge is 2.17. The lowest BCUT2D eigenvalue weighted by molar-refractivity contribution is -0.387. The summed E-state index contributed by atoms with van der Waals surface area (Å²) in [7, 11) is 0. The summed E-state index contributed by atoms with van der Waals surface area (Å²) in [6.07, 6.45) is 0. The van der Waals surface area contributed by atoms with Gasteiger partial charge in [-0.15, -0.1) is 0 Å². The van der Waals surface area contributed by atoms with Gasteiger partial charge in [0, 0.05) is 27.4 Å².